The fourth-order valence-electron chi connectivity index (χ4n) is 1.85. The molecule has 0 fully saturated rings. The van der Waals surface area contributed by atoms with Crippen molar-refractivity contribution in [2.24, 2.45) is 0 Å². The molecule has 0 amide bonds. The number of aliphatic hydroxyl groups excluding tert-OH is 1. The average Bonchev–Trinajstić information content (AvgIpc) is 2.37. The van der Waals surface area contributed by atoms with E-state index in [0.29, 0.717) is 10.6 Å². The van der Waals surface area contributed by atoms with Gasteiger partial charge in [-0.3, -0.25) is 0 Å². The van der Waals surface area contributed by atoms with E-state index in [4.69, 9.17) is 11.6 Å². The van der Waals surface area contributed by atoms with E-state index < -0.39 is 17.8 Å². The Morgan fingerprint density at radius 2 is 1.68 bits per heavy atom. The third kappa shape index (κ3) is 3.08. The summed E-state index contributed by atoms with van der Waals surface area (Å²) in [4.78, 5) is 0. The number of hydrogen-bond donors (Lipinski definition) is 1. The summed E-state index contributed by atoms with van der Waals surface area (Å²) in [7, 11) is 0. The second kappa shape index (κ2) is 5.23. The maximum Gasteiger partial charge on any atom is 0.416 e. The van der Waals surface area contributed by atoms with E-state index in [1.807, 2.05) is 0 Å². The van der Waals surface area contributed by atoms with Crippen LogP contribution in [0.1, 0.15) is 22.8 Å². The zero-order valence-corrected chi connectivity index (χ0v) is 10.4. The van der Waals surface area contributed by atoms with Gasteiger partial charge in [-0.1, -0.05) is 41.9 Å². The number of rotatable bonds is 2. The molecular weight excluding hydrogens is 277 g/mol. The van der Waals surface area contributed by atoms with Crippen molar-refractivity contribution in [3.63, 3.8) is 0 Å². The molecular formula is C14H10ClF3O. The van der Waals surface area contributed by atoms with E-state index in [1.54, 1.807) is 12.1 Å². The minimum Gasteiger partial charge on any atom is -0.384 e. The Labute approximate surface area is 113 Å². The van der Waals surface area contributed by atoms with Gasteiger partial charge in [0.2, 0.25) is 0 Å². The number of aliphatic hydroxyl groups is 1. The minimum absolute atomic E-state index is 0.183. The fraction of sp³-hybridized carbons (Fsp3) is 0.143. The monoisotopic (exact) mass is 286 g/mol. The van der Waals surface area contributed by atoms with Gasteiger partial charge in [0.25, 0.3) is 0 Å². The first-order chi connectivity index (χ1) is 8.89. The fourth-order valence-corrected chi connectivity index (χ4v) is 2.05. The predicted octanol–water partition coefficient (Wildman–Crippen LogP) is 4.44. The van der Waals surface area contributed by atoms with Crippen molar-refractivity contribution >= 4 is 11.6 Å². The zero-order chi connectivity index (χ0) is 14.0. The summed E-state index contributed by atoms with van der Waals surface area (Å²) in [6, 6.07) is 11.1. The molecule has 0 aliphatic rings. The highest BCUT2D eigenvalue weighted by atomic mass is 35.5. The van der Waals surface area contributed by atoms with Crippen molar-refractivity contribution < 1.29 is 18.3 Å². The Hall–Kier alpha value is -1.52. The Morgan fingerprint density at radius 1 is 1.00 bits per heavy atom. The molecule has 1 N–H and O–H groups in total. The molecule has 0 saturated heterocycles. The van der Waals surface area contributed by atoms with Gasteiger partial charge in [-0.05, 0) is 29.3 Å². The summed E-state index contributed by atoms with van der Waals surface area (Å²) >= 11 is 5.77. The van der Waals surface area contributed by atoms with Gasteiger partial charge >= 0.3 is 6.18 Å². The summed E-state index contributed by atoms with van der Waals surface area (Å²) in [5.41, 5.74) is -0.705. The lowest BCUT2D eigenvalue weighted by Gasteiger charge is -2.17. The Kier molecular flexibility index (Phi) is 3.83. The van der Waals surface area contributed by atoms with Crippen LogP contribution in [0.2, 0.25) is 5.02 Å². The molecule has 0 spiro atoms. The molecule has 0 radical (unpaired) electrons. The van der Waals surface area contributed by atoms with Gasteiger partial charge in [-0.15, -0.1) is 0 Å². The molecule has 2 aromatic carbocycles. The topological polar surface area (TPSA) is 20.2 Å². The Morgan fingerprint density at radius 3 is 2.32 bits per heavy atom. The van der Waals surface area contributed by atoms with E-state index >= 15 is 0 Å². The zero-order valence-electron chi connectivity index (χ0n) is 9.66. The van der Waals surface area contributed by atoms with Gasteiger partial charge in [-0.25, -0.2) is 0 Å². The predicted molar refractivity (Wildman–Crippen MR) is 67.0 cm³/mol. The van der Waals surface area contributed by atoms with Crippen LogP contribution in [0.15, 0.2) is 48.5 Å². The van der Waals surface area contributed by atoms with Crippen LogP contribution in [-0.2, 0) is 6.18 Å². The van der Waals surface area contributed by atoms with Crippen LogP contribution < -0.4 is 0 Å². The van der Waals surface area contributed by atoms with Gasteiger partial charge in [0, 0.05) is 5.02 Å². The normalized spacial score (nSPS) is 13.3. The van der Waals surface area contributed by atoms with Crippen molar-refractivity contribution in [2.75, 3.05) is 0 Å². The lowest BCUT2D eigenvalue weighted by molar-refractivity contribution is -0.139. The van der Waals surface area contributed by atoms with Crippen molar-refractivity contribution in [3.05, 3.63) is 70.2 Å². The van der Waals surface area contributed by atoms with Gasteiger partial charge in [0.1, 0.15) is 6.10 Å². The molecule has 0 saturated carbocycles. The van der Waals surface area contributed by atoms with E-state index in [0.717, 1.165) is 6.07 Å². The molecule has 5 heteroatoms. The summed E-state index contributed by atoms with van der Waals surface area (Å²) in [6.07, 6.45) is -5.87. The van der Waals surface area contributed by atoms with E-state index in [9.17, 15) is 18.3 Å². The maximum absolute atomic E-state index is 12.9. The number of benzene rings is 2. The van der Waals surface area contributed by atoms with Crippen LogP contribution in [0.4, 0.5) is 13.2 Å². The second-order valence-corrected chi connectivity index (χ2v) is 4.48. The second-order valence-electron chi connectivity index (χ2n) is 4.04. The Balaban J connectivity index is 2.48. The first-order valence-electron chi connectivity index (χ1n) is 5.49. The summed E-state index contributed by atoms with van der Waals surface area (Å²) < 4.78 is 38.6. The molecule has 0 aliphatic carbocycles. The summed E-state index contributed by atoms with van der Waals surface area (Å²) in [6.45, 7) is 0. The highest BCUT2D eigenvalue weighted by Crippen LogP contribution is 2.36. The van der Waals surface area contributed by atoms with Crippen molar-refractivity contribution in [3.8, 4) is 0 Å². The van der Waals surface area contributed by atoms with Crippen molar-refractivity contribution in [1.82, 2.24) is 0 Å². The molecule has 100 valence electrons. The highest BCUT2D eigenvalue weighted by Gasteiger charge is 2.34. The van der Waals surface area contributed by atoms with E-state index in [-0.39, 0.29) is 5.56 Å². The molecule has 0 aliphatic heterocycles. The number of halogens is 4. The van der Waals surface area contributed by atoms with Crippen LogP contribution >= 0.6 is 11.6 Å². The molecule has 2 aromatic rings. The number of hydrogen-bond acceptors (Lipinski definition) is 1. The molecule has 0 aromatic heterocycles. The van der Waals surface area contributed by atoms with Gasteiger partial charge in [0.15, 0.2) is 0 Å². The molecule has 2 rings (SSSR count). The molecule has 1 unspecified atom stereocenters. The van der Waals surface area contributed by atoms with Crippen LogP contribution in [0, 0.1) is 0 Å². The lowest BCUT2D eigenvalue weighted by atomic mass is 9.96. The first-order valence-corrected chi connectivity index (χ1v) is 5.87. The van der Waals surface area contributed by atoms with Crippen LogP contribution in [0.5, 0.6) is 0 Å². The van der Waals surface area contributed by atoms with E-state index in [1.165, 1.54) is 30.3 Å². The van der Waals surface area contributed by atoms with Gasteiger partial charge < -0.3 is 5.11 Å². The highest BCUT2D eigenvalue weighted by molar-refractivity contribution is 6.30. The van der Waals surface area contributed by atoms with Crippen molar-refractivity contribution in [2.45, 2.75) is 12.3 Å². The average molecular weight is 287 g/mol. The largest absolute Gasteiger partial charge is 0.416 e. The maximum atomic E-state index is 12.9. The summed E-state index contributed by atoms with van der Waals surface area (Å²) in [5, 5.41) is 10.5. The smallest absolute Gasteiger partial charge is 0.384 e. The molecule has 1 atom stereocenters. The Bertz CT molecular complexity index is 581. The van der Waals surface area contributed by atoms with Gasteiger partial charge in [-0.2, -0.15) is 13.2 Å². The van der Waals surface area contributed by atoms with Crippen LogP contribution in [0.3, 0.4) is 0 Å². The third-order valence-corrected chi connectivity index (χ3v) is 2.96. The number of alkyl halides is 3. The van der Waals surface area contributed by atoms with E-state index in [2.05, 4.69) is 0 Å². The third-order valence-electron chi connectivity index (χ3n) is 2.73. The SMILES string of the molecule is OC(c1cccc(Cl)c1)c1ccccc1C(F)(F)F. The molecule has 1 nitrogen and oxygen atoms in total. The quantitative estimate of drug-likeness (QED) is 0.865. The lowest BCUT2D eigenvalue weighted by Crippen LogP contribution is -2.12. The molecule has 0 bridgehead atoms. The molecule has 0 heterocycles. The summed E-state index contributed by atoms with van der Waals surface area (Å²) in [5.74, 6) is 0. The first kappa shape index (κ1) is 13.9. The van der Waals surface area contributed by atoms with Crippen LogP contribution in [-0.4, -0.2) is 5.11 Å². The van der Waals surface area contributed by atoms with Gasteiger partial charge in [0.05, 0.1) is 5.56 Å². The standard InChI is InChI=1S/C14H10ClF3O/c15-10-5-3-4-9(8-10)13(19)11-6-1-2-7-12(11)14(16,17)18/h1-8,13,19H. The minimum atomic E-state index is -4.50. The van der Waals surface area contributed by atoms with Crippen LogP contribution in [0.25, 0.3) is 0 Å². The molecule has 19 heavy (non-hydrogen) atoms. The van der Waals surface area contributed by atoms with Crippen molar-refractivity contribution in [1.29, 1.82) is 0 Å².